The summed E-state index contributed by atoms with van der Waals surface area (Å²) in [7, 11) is 2.96. The Labute approximate surface area is 244 Å². The number of hydrogen-bond acceptors (Lipinski definition) is 5. The number of halogens is 2. The minimum absolute atomic E-state index is 0.0919. The predicted molar refractivity (Wildman–Crippen MR) is 154 cm³/mol. The maximum atomic E-state index is 13.6. The van der Waals surface area contributed by atoms with E-state index in [1.807, 2.05) is 0 Å². The molecule has 0 spiro atoms. The molecule has 4 rings (SSSR count). The monoisotopic (exact) mass is 583 g/mol. The van der Waals surface area contributed by atoms with Gasteiger partial charge in [-0.25, -0.2) is 4.39 Å². The van der Waals surface area contributed by atoms with Crippen molar-refractivity contribution in [1.29, 1.82) is 0 Å². The van der Waals surface area contributed by atoms with Crippen LogP contribution in [0, 0.1) is 17.2 Å². The molecule has 41 heavy (non-hydrogen) atoms. The quantitative estimate of drug-likeness (QED) is 0.213. The number of ketones is 1. The fourth-order valence-electron chi connectivity index (χ4n) is 4.89. The molecule has 1 fully saturated rings. The third kappa shape index (κ3) is 6.78. The number of hydrogen-bond donors (Lipinski definition) is 0. The first-order valence-electron chi connectivity index (χ1n) is 13.6. The van der Waals surface area contributed by atoms with Crippen LogP contribution in [0.25, 0.3) is 10.9 Å². The van der Waals surface area contributed by atoms with Crippen LogP contribution in [0.1, 0.15) is 59.9 Å². The molecule has 2 amide bonds. The second kappa shape index (κ2) is 12.0. The highest BCUT2D eigenvalue weighted by Gasteiger charge is 2.29. The minimum atomic E-state index is -0.747. The molecule has 0 radical (unpaired) electrons. The van der Waals surface area contributed by atoms with Crippen molar-refractivity contribution >= 4 is 46.1 Å². The van der Waals surface area contributed by atoms with Gasteiger partial charge in [-0.05, 0) is 75.8 Å². The number of Topliss-reactive ketones (excluding diaryl/α,β-unsaturated/α-hetero) is 1. The first kappa shape index (κ1) is 30.2. The summed E-state index contributed by atoms with van der Waals surface area (Å²) in [5.74, 6) is -2.06. The largest absolute Gasteiger partial charge is 0.443 e. The van der Waals surface area contributed by atoms with E-state index in [4.69, 9.17) is 16.3 Å². The Morgan fingerprint density at radius 1 is 1.02 bits per heavy atom. The molecule has 218 valence electrons. The van der Waals surface area contributed by atoms with Crippen molar-refractivity contribution in [2.45, 2.75) is 46.8 Å². The first-order valence-corrected chi connectivity index (χ1v) is 13.9. The highest BCUT2D eigenvalue weighted by atomic mass is 35.5. The number of aromatic nitrogens is 1. The van der Waals surface area contributed by atoms with E-state index in [9.17, 15) is 23.6 Å². The number of ether oxygens (including phenoxy) is 1. The molecule has 0 bridgehead atoms. The van der Waals surface area contributed by atoms with Gasteiger partial charge < -0.3 is 19.1 Å². The number of likely N-dealkylation sites (tertiary alicyclic amines) is 1. The van der Waals surface area contributed by atoms with Crippen molar-refractivity contribution in [3.63, 3.8) is 0 Å². The molecule has 1 aliphatic rings. The summed E-state index contributed by atoms with van der Waals surface area (Å²) in [5.41, 5.74) is 1.11. The van der Waals surface area contributed by atoms with Crippen LogP contribution in [0.5, 0.6) is 0 Å². The number of rotatable bonds is 7. The summed E-state index contributed by atoms with van der Waals surface area (Å²) < 4.78 is 20.2. The van der Waals surface area contributed by atoms with Gasteiger partial charge in [-0.3, -0.25) is 19.2 Å². The van der Waals surface area contributed by atoms with Crippen LogP contribution in [0.3, 0.4) is 0 Å². The van der Waals surface area contributed by atoms with Crippen LogP contribution >= 0.6 is 11.6 Å². The van der Waals surface area contributed by atoms with Gasteiger partial charge in [0.05, 0.1) is 27.1 Å². The average molecular weight is 584 g/mol. The van der Waals surface area contributed by atoms with Gasteiger partial charge in [-0.15, -0.1) is 0 Å². The van der Waals surface area contributed by atoms with Crippen LogP contribution in [0.2, 0.25) is 5.02 Å². The lowest BCUT2D eigenvalue weighted by atomic mass is 9.90. The predicted octanol–water partition coefficient (Wildman–Crippen LogP) is 5.35. The van der Waals surface area contributed by atoms with Gasteiger partial charge in [0.25, 0.3) is 17.6 Å². The molecule has 2 heterocycles. The Morgan fingerprint density at radius 2 is 1.66 bits per heavy atom. The molecule has 3 aromatic rings. The Hall–Kier alpha value is -3.72. The van der Waals surface area contributed by atoms with Crippen molar-refractivity contribution in [2.24, 2.45) is 11.3 Å². The smallest absolute Gasteiger partial charge is 0.312 e. The third-order valence-corrected chi connectivity index (χ3v) is 7.64. The van der Waals surface area contributed by atoms with E-state index < -0.39 is 23.1 Å². The summed E-state index contributed by atoms with van der Waals surface area (Å²) in [6, 6.07) is 9.60. The van der Waals surface area contributed by atoms with Crippen molar-refractivity contribution in [3.8, 4) is 0 Å². The van der Waals surface area contributed by atoms with Gasteiger partial charge in [0.2, 0.25) is 0 Å². The van der Waals surface area contributed by atoms with Crippen molar-refractivity contribution in [1.82, 2.24) is 14.4 Å². The topological polar surface area (TPSA) is 88.9 Å². The number of fused-ring (bicyclic) bond motifs is 1. The van der Waals surface area contributed by atoms with Gasteiger partial charge in [0, 0.05) is 38.8 Å². The van der Waals surface area contributed by atoms with Crippen molar-refractivity contribution < 1.29 is 28.3 Å². The molecule has 0 saturated carbocycles. The van der Waals surface area contributed by atoms with Crippen LogP contribution in [-0.4, -0.2) is 65.1 Å². The maximum absolute atomic E-state index is 13.6. The molecule has 10 heteroatoms. The molecular formula is C31H35ClFN3O5. The number of piperidine rings is 1. The fourth-order valence-corrected chi connectivity index (χ4v) is 5.13. The van der Waals surface area contributed by atoms with Gasteiger partial charge in [0.15, 0.2) is 6.73 Å². The highest BCUT2D eigenvalue weighted by molar-refractivity contribution is 6.45. The van der Waals surface area contributed by atoms with Gasteiger partial charge >= 0.3 is 5.97 Å². The zero-order valence-electron chi connectivity index (χ0n) is 24.0. The van der Waals surface area contributed by atoms with Crippen LogP contribution < -0.4 is 0 Å². The number of carbonyl (C=O) groups is 4. The van der Waals surface area contributed by atoms with E-state index in [2.05, 4.69) is 0 Å². The number of carbonyl (C=O) groups excluding carboxylic acids is 4. The van der Waals surface area contributed by atoms with Crippen LogP contribution in [-0.2, 0) is 27.5 Å². The molecule has 0 aliphatic carbocycles. The zero-order chi connectivity index (χ0) is 30.1. The van der Waals surface area contributed by atoms with Crippen LogP contribution in [0.4, 0.5) is 4.39 Å². The summed E-state index contributed by atoms with van der Waals surface area (Å²) in [6.07, 6.45) is 3.85. The molecule has 0 N–H and O–H groups in total. The fraction of sp³-hybridized carbons (Fsp3) is 0.419. The first-order chi connectivity index (χ1) is 19.3. The zero-order valence-corrected chi connectivity index (χ0v) is 24.8. The molecular weight excluding hydrogens is 549 g/mol. The lowest BCUT2D eigenvalue weighted by molar-refractivity contribution is -0.156. The lowest BCUT2D eigenvalue weighted by Gasteiger charge is -2.32. The van der Waals surface area contributed by atoms with Gasteiger partial charge in [-0.2, -0.15) is 0 Å². The molecule has 2 aromatic carbocycles. The van der Waals surface area contributed by atoms with Gasteiger partial charge in [0.1, 0.15) is 5.82 Å². The number of likely N-dealkylation sites (N-methyl/N-ethyl adjacent to an activating group) is 1. The third-order valence-electron chi connectivity index (χ3n) is 7.33. The minimum Gasteiger partial charge on any atom is -0.443 e. The molecule has 1 saturated heterocycles. The van der Waals surface area contributed by atoms with E-state index in [1.54, 1.807) is 49.9 Å². The normalized spacial score (nSPS) is 14.3. The lowest BCUT2D eigenvalue weighted by Crippen LogP contribution is -2.39. The molecule has 0 unspecified atom stereocenters. The molecule has 8 nitrogen and oxygen atoms in total. The van der Waals surface area contributed by atoms with Crippen LogP contribution in [0.15, 0.2) is 42.6 Å². The summed E-state index contributed by atoms with van der Waals surface area (Å²) >= 11 is 6.62. The second-order valence-electron chi connectivity index (χ2n) is 11.8. The van der Waals surface area contributed by atoms with Gasteiger partial charge in [-0.1, -0.05) is 23.7 Å². The van der Waals surface area contributed by atoms with Crippen molar-refractivity contribution in [3.05, 3.63) is 70.1 Å². The van der Waals surface area contributed by atoms with E-state index in [0.717, 1.165) is 24.8 Å². The maximum Gasteiger partial charge on any atom is 0.312 e. The summed E-state index contributed by atoms with van der Waals surface area (Å²) in [5, 5.41) is 0.561. The number of amides is 2. The average Bonchev–Trinajstić information content (AvgIpc) is 3.28. The Bertz CT molecular complexity index is 1480. The summed E-state index contributed by atoms with van der Waals surface area (Å²) in [6.45, 7) is 6.07. The number of nitrogens with zero attached hydrogens (tertiary/aromatic N) is 3. The Morgan fingerprint density at radius 3 is 2.24 bits per heavy atom. The Balaban J connectivity index is 1.59. The Kier molecular flexibility index (Phi) is 8.87. The highest BCUT2D eigenvalue weighted by Crippen LogP contribution is 2.31. The van der Waals surface area contributed by atoms with E-state index >= 15 is 0 Å². The molecule has 1 aromatic heterocycles. The standard InChI is InChI=1S/C31H35ClFN3O5/c1-31(2,3)30(40)41-18-36-17-24(27(37)29(39)34(4)5)22-15-23(25(32)16-26(22)36)28(38)35-12-10-20(11-13-35)14-19-6-8-21(33)9-7-19/h6-9,15-17,20H,10-14,18H2,1-5H3. The SMILES string of the molecule is CN(C)C(=O)C(=O)c1cn(COC(=O)C(C)(C)C)c2cc(Cl)c(C(=O)N3CCC(Cc4ccc(F)cc4)CC3)cc12. The van der Waals surface area contributed by atoms with Crippen molar-refractivity contribution in [2.75, 3.05) is 27.2 Å². The number of esters is 1. The summed E-state index contributed by atoms with van der Waals surface area (Å²) in [4.78, 5) is 54.6. The van der Waals surface area contributed by atoms with E-state index in [1.165, 1.54) is 41.9 Å². The van der Waals surface area contributed by atoms with E-state index in [-0.39, 0.29) is 34.6 Å². The van der Waals surface area contributed by atoms with E-state index in [0.29, 0.717) is 29.9 Å². The second-order valence-corrected chi connectivity index (χ2v) is 12.2. The number of benzene rings is 2. The molecule has 1 aliphatic heterocycles. The molecule has 0 atom stereocenters.